The fourth-order valence-electron chi connectivity index (χ4n) is 2.20. The first kappa shape index (κ1) is 18.4. The van der Waals surface area contributed by atoms with E-state index in [2.05, 4.69) is 36.1 Å². The van der Waals surface area contributed by atoms with Crippen molar-refractivity contribution in [2.45, 2.75) is 32.9 Å². The number of halogens is 1. The van der Waals surface area contributed by atoms with Gasteiger partial charge in [-0.25, -0.2) is 4.39 Å². The topological polar surface area (TPSA) is 30.9 Å². The molecule has 5 heteroatoms. The molecule has 0 amide bonds. The van der Waals surface area contributed by atoms with Crippen molar-refractivity contribution in [3.63, 3.8) is 0 Å². The van der Waals surface area contributed by atoms with Gasteiger partial charge < -0.3 is 15.1 Å². The molecule has 0 aliphatic rings. The zero-order valence-electron chi connectivity index (χ0n) is 14.4. The Morgan fingerprint density at radius 2 is 1.91 bits per heavy atom. The van der Waals surface area contributed by atoms with E-state index in [1.165, 1.54) is 12.1 Å². The Morgan fingerprint density at radius 3 is 2.45 bits per heavy atom. The van der Waals surface area contributed by atoms with Gasteiger partial charge in [0, 0.05) is 39.8 Å². The minimum atomic E-state index is -0.206. The molecular formula is C17H29FN4. The van der Waals surface area contributed by atoms with Crippen LogP contribution in [0.1, 0.15) is 25.8 Å². The molecule has 0 saturated carbocycles. The maximum absolute atomic E-state index is 12.9. The Balaban J connectivity index is 2.45. The molecular weight excluding hydrogens is 279 g/mol. The highest BCUT2D eigenvalue weighted by Crippen LogP contribution is 2.05. The summed E-state index contributed by atoms with van der Waals surface area (Å²) in [7, 11) is 5.90. The van der Waals surface area contributed by atoms with Crippen molar-refractivity contribution in [1.82, 2.24) is 15.1 Å². The van der Waals surface area contributed by atoms with Crippen LogP contribution >= 0.6 is 0 Å². The molecule has 0 heterocycles. The lowest BCUT2D eigenvalue weighted by Gasteiger charge is -2.26. The van der Waals surface area contributed by atoms with Gasteiger partial charge in [-0.15, -0.1) is 0 Å². The van der Waals surface area contributed by atoms with Gasteiger partial charge in [-0.1, -0.05) is 19.1 Å². The highest BCUT2D eigenvalue weighted by atomic mass is 19.1. The second-order valence-corrected chi connectivity index (χ2v) is 5.69. The SMILES string of the molecule is CCC(C)N(C)CCNC(=NC)N(C)Cc1ccc(F)cc1. The molecule has 124 valence electrons. The minimum Gasteiger partial charge on any atom is -0.355 e. The van der Waals surface area contributed by atoms with Gasteiger partial charge in [0.05, 0.1) is 0 Å². The number of hydrogen-bond donors (Lipinski definition) is 1. The first-order valence-electron chi connectivity index (χ1n) is 7.84. The van der Waals surface area contributed by atoms with Gasteiger partial charge in [-0.2, -0.15) is 0 Å². The molecule has 4 nitrogen and oxygen atoms in total. The Bertz CT molecular complexity index is 458. The van der Waals surface area contributed by atoms with Crippen molar-refractivity contribution in [1.29, 1.82) is 0 Å². The molecule has 1 unspecified atom stereocenters. The van der Waals surface area contributed by atoms with Gasteiger partial charge in [-0.3, -0.25) is 4.99 Å². The number of hydrogen-bond acceptors (Lipinski definition) is 2. The average molecular weight is 308 g/mol. The third-order valence-electron chi connectivity index (χ3n) is 4.00. The number of rotatable bonds is 7. The van der Waals surface area contributed by atoms with Gasteiger partial charge in [0.1, 0.15) is 5.82 Å². The Kier molecular flexibility index (Phi) is 7.88. The predicted molar refractivity (Wildman–Crippen MR) is 91.6 cm³/mol. The van der Waals surface area contributed by atoms with Crippen molar-refractivity contribution in [2.24, 2.45) is 4.99 Å². The van der Waals surface area contributed by atoms with Crippen LogP contribution in [-0.4, -0.2) is 56.0 Å². The van der Waals surface area contributed by atoms with E-state index in [1.807, 2.05) is 11.9 Å². The van der Waals surface area contributed by atoms with Crippen molar-refractivity contribution >= 4 is 5.96 Å². The summed E-state index contributed by atoms with van der Waals surface area (Å²) in [4.78, 5) is 8.67. The van der Waals surface area contributed by atoms with Gasteiger partial charge in [0.2, 0.25) is 0 Å². The normalized spacial score (nSPS) is 13.3. The standard InChI is InChI=1S/C17H29FN4/c1-6-14(2)21(4)12-11-20-17(19-3)22(5)13-15-7-9-16(18)10-8-15/h7-10,14H,6,11-13H2,1-5H3,(H,19,20). The van der Waals surface area contributed by atoms with Crippen LogP contribution in [0.25, 0.3) is 0 Å². The lowest BCUT2D eigenvalue weighted by Crippen LogP contribution is -2.42. The third-order valence-corrected chi connectivity index (χ3v) is 4.00. The monoisotopic (exact) mass is 308 g/mol. The summed E-state index contributed by atoms with van der Waals surface area (Å²) in [6, 6.07) is 7.16. The molecule has 1 N–H and O–H groups in total. The fraction of sp³-hybridized carbons (Fsp3) is 0.588. The molecule has 1 atom stereocenters. The zero-order valence-corrected chi connectivity index (χ0v) is 14.4. The average Bonchev–Trinajstić information content (AvgIpc) is 2.52. The lowest BCUT2D eigenvalue weighted by atomic mass is 10.2. The van der Waals surface area contributed by atoms with E-state index in [0.717, 1.165) is 31.0 Å². The maximum Gasteiger partial charge on any atom is 0.193 e. The molecule has 0 aliphatic heterocycles. The highest BCUT2D eigenvalue weighted by molar-refractivity contribution is 5.79. The summed E-state index contributed by atoms with van der Waals surface area (Å²) in [5, 5.41) is 3.37. The predicted octanol–water partition coefficient (Wildman–Crippen LogP) is 2.56. The summed E-state index contributed by atoms with van der Waals surface area (Å²) >= 11 is 0. The van der Waals surface area contributed by atoms with E-state index in [-0.39, 0.29) is 5.82 Å². The van der Waals surface area contributed by atoms with Gasteiger partial charge in [-0.05, 0) is 38.1 Å². The second-order valence-electron chi connectivity index (χ2n) is 5.69. The van der Waals surface area contributed by atoms with Crippen molar-refractivity contribution in [2.75, 3.05) is 34.2 Å². The summed E-state index contributed by atoms with van der Waals surface area (Å²) in [5.74, 6) is 0.642. The quantitative estimate of drug-likeness (QED) is 0.620. The maximum atomic E-state index is 12.9. The van der Waals surface area contributed by atoms with Crippen LogP contribution in [0.15, 0.2) is 29.3 Å². The fourth-order valence-corrected chi connectivity index (χ4v) is 2.20. The largest absolute Gasteiger partial charge is 0.355 e. The molecule has 0 aliphatic carbocycles. The lowest BCUT2D eigenvalue weighted by molar-refractivity contribution is 0.255. The number of nitrogens with one attached hydrogen (secondary N) is 1. The second kappa shape index (κ2) is 9.41. The Hall–Kier alpha value is -1.62. The van der Waals surface area contributed by atoms with Crippen molar-refractivity contribution in [3.8, 4) is 0 Å². The van der Waals surface area contributed by atoms with Crippen LogP contribution in [0.3, 0.4) is 0 Å². The molecule has 0 spiro atoms. The zero-order chi connectivity index (χ0) is 16.5. The summed E-state index contributed by atoms with van der Waals surface area (Å²) in [6.07, 6.45) is 1.15. The number of benzene rings is 1. The van der Waals surface area contributed by atoms with Gasteiger partial charge in [0.15, 0.2) is 5.96 Å². The van der Waals surface area contributed by atoms with E-state index in [1.54, 1.807) is 19.2 Å². The number of likely N-dealkylation sites (N-methyl/N-ethyl adjacent to an activating group) is 1. The first-order chi connectivity index (χ1) is 10.5. The van der Waals surface area contributed by atoms with Crippen LogP contribution in [0, 0.1) is 5.82 Å². The number of nitrogens with zero attached hydrogens (tertiary/aromatic N) is 3. The third kappa shape index (κ3) is 6.02. The summed E-state index contributed by atoms with van der Waals surface area (Å²) < 4.78 is 12.9. The molecule has 0 saturated heterocycles. The van der Waals surface area contributed by atoms with Crippen LogP contribution in [0.2, 0.25) is 0 Å². The van der Waals surface area contributed by atoms with Crippen molar-refractivity contribution in [3.05, 3.63) is 35.6 Å². The molecule has 1 aromatic carbocycles. The molecule has 0 bridgehead atoms. The molecule has 22 heavy (non-hydrogen) atoms. The molecule has 0 aromatic heterocycles. The van der Waals surface area contributed by atoms with E-state index in [9.17, 15) is 4.39 Å². The van der Waals surface area contributed by atoms with E-state index >= 15 is 0 Å². The van der Waals surface area contributed by atoms with Crippen LogP contribution < -0.4 is 5.32 Å². The highest BCUT2D eigenvalue weighted by Gasteiger charge is 2.09. The Labute approximate surface area is 134 Å². The molecule has 0 radical (unpaired) electrons. The van der Waals surface area contributed by atoms with Crippen molar-refractivity contribution < 1.29 is 4.39 Å². The Morgan fingerprint density at radius 1 is 1.27 bits per heavy atom. The molecule has 1 rings (SSSR count). The first-order valence-corrected chi connectivity index (χ1v) is 7.84. The number of aliphatic imine (C=N–C) groups is 1. The number of guanidine groups is 1. The molecule has 0 fully saturated rings. The van der Waals surface area contributed by atoms with Crippen LogP contribution in [0.4, 0.5) is 4.39 Å². The summed E-state index contributed by atoms with van der Waals surface area (Å²) in [6.45, 7) is 6.94. The van der Waals surface area contributed by atoms with E-state index in [0.29, 0.717) is 12.6 Å². The van der Waals surface area contributed by atoms with Crippen LogP contribution in [0.5, 0.6) is 0 Å². The van der Waals surface area contributed by atoms with Crippen LogP contribution in [-0.2, 0) is 6.54 Å². The minimum absolute atomic E-state index is 0.206. The smallest absolute Gasteiger partial charge is 0.193 e. The molecule has 1 aromatic rings. The summed E-state index contributed by atoms with van der Waals surface area (Å²) in [5.41, 5.74) is 1.06. The van der Waals surface area contributed by atoms with E-state index < -0.39 is 0 Å². The van der Waals surface area contributed by atoms with E-state index in [4.69, 9.17) is 0 Å². The van der Waals surface area contributed by atoms with Gasteiger partial charge in [0.25, 0.3) is 0 Å². The van der Waals surface area contributed by atoms with Gasteiger partial charge >= 0.3 is 0 Å².